The van der Waals surface area contributed by atoms with Crippen LogP contribution in [0.25, 0.3) is 0 Å². The third-order valence-corrected chi connectivity index (χ3v) is 2.20. The van der Waals surface area contributed by atoms with Crippen LogP contribution in [0.15, 0.2) is 5.38 Å². The van der Waals surface area contributed by atoms with Gasteiger partial charge in [-0.3, -0.25) is 0 Å². The number of rotatable bonds is 4. The Balaban J connectivity index is 2.58. The van der Waals surface area contributed by atoms with Crippen LogP contribution in [0.2, 0.25) is 0 Å². The average Bonchev–Trinajstić information content (AvgIpc) is 2.48. The van der Waals surface area contributed by atoms with E-state index in [2.05, 4.69) is 4.98 Å². The van der Waals surface area contributed by atoms with E-state index in [0.29, 0.717) is 13.0 Å². The van der Waals surface area contributed by atoms with Gasteiger partial charge in [-0.15, -0.1) is 11.3 Å². The molecule has 0 fully saturated rings. The summed E-state index contributed by atoms with van der Waals surface area (Å²) in [5, 5.41) is 10.9. The molecule has 0 unspecified atom stereocenters. The van der Waals surface area contributed by atoms with E-state index in [-0.39, 0.29) is 5.69 Å². The van der Waals surface area contributed by atoms with Gasteiger partial charge in [-0.1, -0.05) is 0 Å². The molecule has 12 heavy (non-hydrogen) atoms. The summed E-state index contributed by atoms with van der Waals surface area (Å²) in [5.74, 6) is -0.977. The molecule has 0 radical (unpaired) electrons. The summed E-state index contributed by atoms with van der Waals surface area (Å²) < 4.78 is 4.83. The van der Waals surface area contributed by atoms with Gasteiger partial charge in [-0.25, -0.2) is 9.78 Å². The molecule has 0 aliphatic heterocycles. The average molecular weight is 187 g/mol. The normalized spacial score (nSPS) is 10.1. The first-order valence-corrected chi connectivity index (χ1v) is 4.28. The number of aromatic carboxylic acids is 1. The molecule has 5 heteroatoms. The van der Waals surface area contributed by atoms with Crippen LogP contribution in [0, 0.1) is 0 Å². The number of aromatic nitrogens is 1. The van der Waals surface area contributed by atoms with Gasteiger partial charge < -0.3 is 9.84 Å². The molecule has 0 aliphatic carbocycles. The second-order valence-corrected chi connectivity index (χ2v) is 3.12. The molecule has 0 amide bonds. The van der Waals surface area contributed by atoms with Crippen molar-refractivity contribution < 1.29 is 14.6 Å². The first-order valence-electron chi connectivity index (χ1n) is 3.40. The standard InChI is InChI=1S/C7H9NO3S/c1-11-3-2-6-8-5(4-12-6)7(9)10/h4H,2-3H2,1H3,(H,9,10). The summed E-state index contributed by atoms with van der Waals surface area (Å²) >= 11 is 1.35. The van der Waals surface area contributed by atoms with Gasteiger partial charge in [0.2, 0.25) is 0 Å². The van der Waals surface area contributed by atoms with Gasteiger partial charge in [-0.05, 0) is 0 Å². The molecule has 1 N–H and O–H groups in total. The van der Waals surface area contributed by atoms with Gasteiger partial charge in [0.1, 0.15) is 0 Å². The Hall–Kier alpha value is -0.940. The number of methoxy groups -OCH3 is 1. The van der Waals surface area contributed by atoms with Crippen LogP contribution in [0.3, 0.4) is 0 Å². The van der Waals surface area contributed by atoms with E-state index >= 15 is 0 Å². The number of carboxylic acids is 1. The summed E-state index contributed by atoms with van der Waals surface area (Å²) in [6, 6.07) is 0. The highest BCUT2D eigenvalue weighted by Gasteiger charge is 2.07. The quantitative estimate of drug-likeness (QED) is 0.764. The first kappa shape index (κ1) is 9.15. The van der Waals surface area contributed by atoms with E-state index in [1.54, 1.807) is 7.11 Å². The minimum absolute atomic E-state index is 0.117. The summed E-state index contributed by atoms with van der Waals surface area (Å²) in [6.45, 7) is 0.576. The molecule has 0 aromatic carbocycles. The molecule has 0 atom stereocenters. The number of carbonyl (C=O) groups is 1. The molecule has 1 aromatic rings. The molecular formula is C7H9NO3S. The highest BCUT2D eigenvalue weighted by atomic mass is 32.1. The summed E-state index contributed by atoms with van der Waals surface area (Å²) in [6.07, 6.45) is 0.675. The van der Waals surface area contributed by atoms with Crippen LogP contribution in [-0.2, 0) is 11.2 Å². The van der Waals surface area contributed by atoms with Gasteiger partial charge in [-0.2, -0.15) is 0 Å². The van der Waals surface area contributed by atoms with E-state index in [1.165, 1.54) is 16.7 Å². The Morgan fingerprint density at radius 1 is 1.83 bits per heavy atom. The monoisotopic (exact) mass is 187 g/mol. The van der Waals surface area contributed by atoms with Crippen molar-refractivity contribution in [2.75, 3.05) is 13.7 Å². The zero-order chi connectivity index (χ0) is 8.97. The summed E-state index contributed by atoms with van der Waals surface area (Å²) in [4.78, 5) is 14.3. The maximum absolute atomic E-state index is 10.4. The van der Waals surface area contributed by atoms with Crippen molar-refractivity contribution in [1.82, 2.24) is 4.98 Å². The number of carboxylic acid groups (broad SMARTS) is 1. The van der Waals surface area contributed by atoms with Crippen molar-refractivity contribution in [2.24, 2.45) is 0 Å². The molecule has 4 nitrogen and oxygen atoms in total. The SMILES string of the molecule is COCCc1nc(C(=O)O)cs1. The van der Waals surface area contributed by atoms with Crippen molar-refractivity contribution in [2.45, 2.75) is 6.42 Å². The molecule has 0 aliphatic rings. The van der Waals surface area contributed by atoms with Gasteiger partial charge in [0.25, 0.3) is 0 Å². The molecule has 0 spiro atoms. The number of hydrogen-bond donors (Lipinski definition) is 1. The second kappa shape index (κ2) is 4.18. The summed E-state index contributed by atoms with van der Waals surface area (Å²) in [5.41, 5.74) is 0.117. The molecular weight excluding hydrogens is 178 g/mol. The predicted molar refractivity (Wildman–Crippen MR) is 44.7 cm³/mol. The number of hydrogen-bond acceptors (Lipinski definition) is 4. The van der Waals surface area contributed by atoms with Crippen molar-refractivity contribution in [1.29, 1.82) is 0 Å². The predicted octanol–water partition coefficient (Wildman–Crippen LogP) is 1.03. The van der Waals surface area contributed by atoms with Gasteiger partial charge in [0.05, 0.1) is 11.6 Å². The topological polar surface area (TPSA) is 59.4 Å². The van der Waals surface area contributed by atoms with E-state index in [9.17, 15) is 4.79 Å². The van der Waals surface area contributed by atoms with E-state index in [0.717, 1.165) is 5.01 Å². The molecule has 1 rings (SSSR count). The van der Waals surface area contributed by atoms with Crippen LogP contribution >= 0.6 is 11.3 Å². The van der Waals surface area contributed by atoms with Crippen LogP contribution in [0.1, 0.15) is 15.5 Å². The van der Waals surface area contributed by atoms with Crippen LogP contribution in [-0.4, -0.2) is 29.8 Å². The smallest absolute Gasteiger partial charge is 0.355 e. The van der Waals surface area contributed by atoms with Crippen LogP contribution < -0.4 is 0 Å². The lowest BCUT2D eigenvalue weighted by molar-refractivity contribution is 0.0691. The number of ether oxygens (including phenoxy) is 1. The molecule has 66 valence electrons. The lowest BCUT2D eigenvalue weighted by Crippen LogP contribution is -1.98. The lowest BCUT2D eigenvalue weighted by atomic mass is 10.4. The van der Waals surface area contributed by atoms with E-state index in [1.807, 2.05) is 0 Å². The van der Waals surface area contributed by atoms with Crippen molar-refractivity contribution in [3.63, 3.8) is 0 Å². The Kier molecular flexibility index (Phi) is 3.19. The van der Waals surface area contributed by atoms with Gasteiger partial charge in [0.15, 0.2) is 5.69 Å². The second-order valence-electron chi connectivity index (χ2n) is 2.17. The zero-order valence-electron chi connectivity index (χ0n) is 6.61. The first-order chi connectivity index (χ1) is 5.74. The van der Waals surface area contributed by atoms with Gasteiger partial charge >= 0.3 is 5.97 Å². The minimum Gasteiger partial charge on any atom is -0.476 e. The Morgan fingerprint density at radius 3 is 3.08 bits per heavy atom. The molecule has 0 saturated carbocycles. The highest BCUT2D eigenvalue weighted by molar-refractivity contribution is 7.09. The zero-order valence-corrected chi connectivity index (χ0v) is 7.43. The Morgan fingerprint density at radius 2 is 2.58 bits per heavy atom. The number of thiazole rings is 1. The fourth-order valence-electron chi connectivity index (χ4n) is 0.713. The summed E-state index contributed by atoms with van der Waals surface area (Å²) in [7, 11) is 1.60. The van der Waals surface area contributed by atoms with Crippen molar-refractivity contribution >= 4 is 17.3 Å². The molecule has 0 bridgehead atoms. The maximum Gasteiger partial charge on any atom is 0.355 e. The largest absolute Gasteiger partial charge is 0.476 e. The fraction of sp³-hybridized carbons (Fsp3) is 0.429. The van der Waals surface area contributed by atoms with Crippen LogP contribution in [0.4, 0.5) is 0 Å². The number of nitrogens with zero attached hydrogens (tertiary/aromatic N) is 1. The van der Waals surface area contributed by atoms with Crippen molar-refractivity contribution in [3.05, 3.63) is 16.1 Å². The minimum atomic E-state index is -0.977. The van der Waals surface area contributed by atoms with Crippen LogP contribution in [0.5, 0.6) is 0 Å². The third kappa shape index (κ3) is 2.28. The Labute approximate surface area is 73.8 Å². The molecule has 1 aromatic heterocycles. The Bertz CT molecular complexity index is 271. The molecule has 1 heterocycles. The van der Waals surface area contributed by atoms with E-state index in [4.69, 9.17) is 9.84 Å². The third-order valence-electron chi connectivity index (χ3n) is 1.29. The lowest BCUT2D eigenvalue weighted by Gasteiger charge is -1.92. The molecule has 0 saturated heterocycles. The highest BCUT2D eigenvalue weighted by Crippen LogP contribution is 2.09. The van der Waals surface area contributed by atoms with E-state index < -0.39 is 5.97 Å². The maximum atomic E-state index is 10.4. The fourth-order valence-corrected chi connectivity index (χ4v) is 1.47. The van der Waals surface area contributed by atoms with Gasteiger partial charge in [0, 0.05) is 18.9 Å². The van der Waals surface area contributed by atoms with Crippen molar-refractivity contribution in [3.8, 4) is 0 Å².